The van der Waals surface area contributed by atoms with Crippen LogP contribution >= 0.6 is 11.3 Å². The zero-order valence-corrected chi connectivity index (χ0v) is 17.1. The zero-order chi connectivity index (χ0) is 19.7. The Morgan fingerprint density at radius 1 is 1.21 bits per heavy atom. The SMILES string of the molecule is CS(=O)(=O)N1CCCC(C(=O)Nc2nc(-c3cccc4ccccc34)cs2)C1. The van der Waals surface area contributed by atoms with Crippen LogP contribution in [0.15, 0.2) is 47.8 Å². The van der Waals surface area contributed by atoms with Gasteiger partial charge < -0.3 is 5.32 Å². The summed E-state index contributed by atoms with van der Waals surface area (Å²) in [6.07, 6.45) is 2.55. The Balaban J connectivity index is 1.51. The van der Waals surface area contributed by atoms with Crippen LogP contribution < -0.4 is 5.32 Å². The third-order valence-electron chi connectivity index (χ3n) is 5.02. The van der Waals surface area contributed by atoms with Crippen LogP contribution in [0.4, 0.5) is 5.13 Å². The van der Waals surface area contributed by atoms with E-state index in [2.05, 4.69) is 28.5 Å². The summed E-state index contributed by atoms with van der Waals surface area (Å²) in [5.41, 5.74) is 1.84. The molecule has 1 N–H and O–H groups in total. The number of benzene rings is 2. The molecule has 0 bridgehead atoms. The van der Waals surface area contributed by atoms with E-state index in [0.717, 1.165) is 22.0 Å². The van der Waals surface area contributed by atoms with Crippen LogP contribution in [0.3, 0.4) is 0 Å². The van der Waals surface area contributed by atoms with Crippen molar-refractivity contribution in [3.63, 3.8) is 0 Å². The van der Waals surface area contributed by atoms with E-state index < -0.39 is 10.0 Å². The predicted molar refractivity (Wildman–Crippen MR) is 113 cm³/mol. The predicted octanol–water partition coefficient (Wildman–Crippen LogP) is 3.57. The minimum atomic E-state index is -3.28. The van der Waals surface area contributed by atoms with E-state index in [-0.39, 0.29) is 18.4 Å². The largest absolute Gasteiger partial charge is 0.302 e. The number of aromatic nitrogens is 1. The average molecular weight is 416 g/mol. The molecule has 0 spiro atoms. The normalized spacial score (nSPS) is 18.2. The highest BCUT2D eigenvalue weighted by molar-refractivity contribution is 7.88. The molecule has 4 rings (SSSR count). The summed E-state index contributed by atoms with van der Waals surface area (Å²) < 4.78 is 24.9. The van der Waals surface area contributed by atoms with Crippen LogP contribution in [0.25, 0.3) is 22.0 Å². The van der Waals surface area contributed by atoms with E-state index in [9.17, 15) is 13.2 Å². The topological polar surface area (TPSA) is 79.4 Å². The molecule has 2 heterocycles. The average Bonchev–Trinajstić information content (AvgIpc) is 3.15. The highest BCUT2D eigenvalue weighted by Crippen LogP contribution is 2.31. The minimum absolute atomic E-state index is 0.174. The molecule has 1 atom stereocenters. The maximum absolute atomic E-state index is 12.6. The highest BCUT2D eigenvalue weighted by atomic mass is 32.2. The van der Waals surface area contributed by atoms with Gasteiger partial charge in [0.1, 0.15) is 0 Å². The second kappa shape index (κ2) is 7.62. The lowest BCUT2D eigenvalue weighted by molar-refractivity contribution is -0.120. The highest BCUT2D eigenvalue weighted by Gasteiger charge is 2.30. The lowest BCUT2D eigenvalue weighted by Crippen LogP contribution is -2.43. The van der Waals surface area contributed by atoms with Crippen molar-refractivity contribution in [2.45, 2.75) is 12.8 Å². The van der Waals surface area contributed by atoms with Gasteiger partial charge in [0.25, 0.3) is 0 Å². The number of carbonyl (C=O) groups excluding carboxylic acids is 1. The number of amides is 1. The van der Waals surface area contributed by atoms with Crippen molar-refractivity contribution in [2.24, 2.45) is 5.92 Å². The number of nitrogens with zero attached hydrogens (tertiary/aromatic N) is 2. The lowest BCUT2D eigenvalue weighted by Gasteiger charge is -2.29. The fraction of sp³-hybridized carbons (Fsp3) is 0.300. The van der Waals surface area contributed by atoms with Crippen molar-refractivity contribution in [3.8, 4) is 11.3 Å². The Kier molecular flexibility index (Phi) is 5.18. The maximum atomic E-state index is 12.6. The molecule has 0 aliphatic carbocycles. The first-order valence-corrected chi connectivity index (χ1v) is 11.8. The first-order valence-electron chi connectivity index (χ1n) is 9.11. The van der Waals surface area contributed by atoms with Crippen LogP contribution in [-0.4, -0.2) is 43.0 Å². The molecule has 1 fully saturated rings. The second-order valence-corrected chi connectivity index (χ2v) is 9.85. The van der Waals surface area contributed by atoms with Crippen molar-refractivity contribution >= 4 is 43.2 Å². The van der Waals surface area contributed by atoms with Crippen molar-refractivity contribution in [1.82, 2.24) is 9.29 Å². The van der Waals surface area contributed by atoms with Crippen LogP contribution in [0, 0.1) is 5.92 Å². The fourth-order valence-electron chi connectivity index (χ4n) is 3.57. The summed E-state index contributed by atoms with van der Waals surface area (Å²) in [6.45, 7) is 0.706. The summed E-state index contributed by atoms with van der Waals surface area (Å²) in [5.74, 6) is -0.527. The first-order chi connectivity index (χ1) is 13.4. The minimum Gasteiger partial charge on any atom is -0.302 e. The summed E-state index contributed by atoms with van der Waals surface area (Å²) in [5, 5.41) is 7.59. The third-order valence-corrected chi connectivity index (χ3v) is 7.05. The van der Waals surface area contributed by atoms with Gasteiger partial charge in [0, 0.05) is 24.0 Å². The molecule has 1 saturated heterocycles. The Morgan fingerprint density at radius 3 is 2.82 bits per heavy atom. The Morgan fingerprint density at radius 2 is 2.00 bits per heavy atom. The Labute approximate surface area is 168 Å². The van der Waals surface area contributed by atoms with Gasteiger partial charge in [-0.3, -0.25) is 4.79 Å². The molecule has 8 heteroatoms. The fourth-order valence-corrected chi connectivity index (χ4v) is 5.19. The van der Waals surface area contributed by atoms with Crippen LogP contribution in [0.2, 0.25) is 0 Å². The van der Waals surface area contributed by atoms with Crippen LogP contribution in [-0.2, 0) is 14.8 Å². The molecule has 1 aliphatic rings. The van der Waals surface area contributed by atoms with Crippen molar-refractivity contribution in [3.05, 3.63) is 47.8 Å². The molecule has 1 aromatic heterocycles. The number of hydrogen-bond donors (Lipinski definition) is 1. The van der Waals surface area contributed by atoms with Gasteiger partial charge in [0.05, 0.1) is 17.9 Å². The molecule has 1 unspecified atom stereocenters. The Bertz CT molecular complexity index is 1120. The number of thiazole rings is 1. The van der Waals surface area contributed by atoms with E-state index in [1.807, 2.05) is 29.6 Å². The first kappa shape index (κ1) is 19.0. The molecular weight excluding hydrogens is 394 g/mol. The summed E-state index contributed by atoms with van der Waals surface area (Å²) in [4.78, 5) is 17.2. The summed E-state index contributed by atoms with van der Waals surface area (Å²) >= 11 is 1.38. The molecule has 2 aromatic carbocycles. The van der Waals surface area contributed by atoms with Crippen molar-refractivity contribution in [2.75, 3.05) is 24.7 Å². The summed E-state index contributed by atoms with van der Waals surface area (Å²) in [7, 11) is -3.28. The van der Waals surface area contributed by atoms with Gasteiger partial charge in [-0.05, 0) is 23.6 Å². The van der Waals surface area contributed by atoms with Crippen molar-refractivity contribution < 1.29 is 13.2 Å². The van der Waals surface area contributed by atoms with E-state index >= 15 is 0 Å². The molecule has 0 saturated carbocycles. The van der Waals surface area contributed by atoms with Crippen molar-refractivity contribution in [1.29, 1.82) is 0 Å². The van der Waals surface area contributed by atoms with Crippen LogP contribution in [0.1, 0.15) is 12.8 Å². The molecule has 3 aromatic rings. The van der Waals surface area contributed by atoms with E-state index in [1.54, 1.807) is 0 Å². The number of piperidine rings is 1. The van der Waals surface area contributed by atoms with E-state index in [4.69, 9.17) is 0 Å². The standard InChI is InChI=1S/C20H21N3O3S2/c1-28(25,26)23-11-5-8-15(12-23)19(24)22-20-21-18(13-27-20)17-10-4-7-14-6-2-3-9-16(14)17/h2-4,6-7,9-10,13,15H,5,8,11-12H2,1H3,(H,21,22,24). The van der Waals surface area contributed by atoms with Gasteiger partial charge in [0.2, 0.25) is 15.9 Å². The van der Waals surface area contributed by atoms with E-state index in [0.29, 0.717) is 24.5 Å². The lowest BCUT2D eigenvalue weighted by atomic mass is 9.99. The molecule has 1 aliphatic heterocycles. The van der Waals surface area contributed by atoms with Gasteiger partial charge in [-0.2, -0.15) is 0 Å². The second-order valence-electron chi connectivity index (χ2n) is 7.01. The van der Waals surface area contributed by atoms with Gasteiger partial charge in [-0.1, -0.05) is 42.5 Å². The smallest absolute Gasteiger partial charge is 0.230 e. The van der Waals surface area contributed by atoms with E-state index in [1.165, 1.54) is 21.9 Å². The molecule has 146 valence electrons. The molecular formula is C20H21N3O3S2. The van der Waals surface area contributed by atoms with Gasteiger partial charge in [0.15, 0.2) is 5.13 Å². The van der Waals surface area contributed by atoms with Crippen LogP contribution in [0.5, 0.6) is 0 Å². The molecule has 28 heavy (non-hydrogen) atoms. The van der Waals surface area contributed by atoms with Gasteiger partial charge >= 0.3 is 0 Å². The van der Waals surface area contributed by atoms with Gasteiger partial charge in [-0.25, -0.2) is 17.7 Å². The quantitative estimate of drug-likeness (QED) is 0.706. The third kappa shape index (κ3) is 3.94. The monoisotopic (exact) mass is 415 g/mol. The molecule has 0 radical (unpaired) electrons. The molecule has 1 amide bonds. The number of carbonyl (C=O) groups is 1. The Hall–Kier alpha value is -2.29. The summed E-state index contributed by atoms with van der Waals surface area (Å²) in [6, 6.07) is 14.2. The van der Waals surface area contributed by atoms with Gasteiger partial charge in [-0.15, -0.1) is 11.3 Å². The number of hydrogen-bond acceptors (Lipinski definition) is 5. The zero-order valence-electron chi connectivity index (χ0n) is 15.5. The number of anilines is 1. The molecule has 6 nitrogen and oxygen atoms in total. The number of fused-ring (bicyclic) bond motifs is 1. The number of sulfonamides is 1. The number of nitrogens with one attached hydrogen (secondary N) is 1. The number of rotatable bonds is 4. The maximum Gasteiger partial charge on any atom is 0.230 e.